The minimum Gasteiger partial charge on any atom is -0.316 e. The van der Waals surface area contributed by atoms with Crippen LogP contribution in [0.15, 0.2) is 29.3 Å². The Kier molecular flexibility index (Phi) is 5.68. The predicted octanol–water partition coefficient (Wildman–Crippen LogP) is 1.02. The summed E-state index contributed by atoms with van der Waals surface area (Å²) in [5, 5.41) is 3.03. The van der Waals surface area contributed by atoms with Crippen LogP contribution in [0.3, 0.4) is 0 Å². The number of hydrogen-bond donors (Lipinski definition) is 1. The maximum absolute atomic E-state index is 3.89. The second kappa shape index (κ2) is 6.23. The summed E-state index contributed by atoms with van der Waals surface area (Å²) in [5.41, 5.74) is 1.14. The second-order valence-corrected chi connectivity index (χ2v) is 1.89. The van der Waals surface area contributed by atoms with Crippen LogP contribution in [0.4, 0.5) is 0 Å². The Morgan fingerprint density at radius 1 is 1.70 bits per heavy atom. The molecule has 0 heterocycles. The Bertz CT molecular complexity index is 145. The van der Waals surface area contributed by atoms with Gasteiger partial charge in [0.05, 0.1) is 0 Å². The van der Waals surface area contributed by atoms with Crippen molar-refractivity contribution >= 4 is 6.21 Å². The van der Waals surface area contributed by atoms with Crippen molar-refractivity contribution < 1.29 is 0 Å². The zero-order valence-electron chi connectivity index (χ0n) is 6.59. The Morgan fingerprint density at radius 3 is 2.80 bits per heavy atom. The summed E-state index contributed by atoms with van der Waals surface area (Å²) < 4.78 is 0. The quantitative estimate of drug-likeness (QED) is 0.455. The molecular weight excluding hydrogens is 124 g/mol. The highest BCUT2D eigenvalue weighted by Crippen LogP contribution is 1.87. The van der Waals surface area contributed by atoms with Crippen LogP contribution in [0.5, 0.6) is 0 Å². The Morgan fingerprint density at radius 2 is 2.40 bits per heavy atom. The lowest BCUT2D eigenvalue weighted by Crippen LogP contribution is -2.10. The summed E-state index contributed by atoms with van der Waals surface area (Å²) in [4.78, 5) is 3.89. The summed E-state index contributed by atoms with van der Waals surface area (Å²) in [6.45, 7) is 4.44. The van der Waals surface area contributed by atoms with Crippen LogP contribution in [-0.2, 0) is 0 Å². The third-order valence-corrected chi connectivity index (χ3v) is 1.01. The lowest BCUT2D eigenvalue weighted by atomic mass is 10.2. The van der Waals surface area contributed by atoms with Gasteiger partial charge < -0.3 is 5.32 Å². The van der Waals surface area contributed by atoms with Gasteiger partial charge in [-0.15, -0.1) is 0 Å². The van der Waals surface area contributed by atoms with E-state index >= 15 is 0 Å². The average Bonchev–Trinajstić information content (AvgIpc) is 1.90. The van der Waals surface area contributed by atoms with Gasteiger partial charge in [0.15, 0.2) is 0 Å². The zero-order valence-corrected chi connectivity index (χ0v) is 6.59. The van der Waals surface area contributed by atoms with E-state index in [9.17, 15) is 0 Å². The van der Waals surface area contributed by atoms with E-state index in [-0.39, 0.29) is 0 Å². The Balaban J connectivity index is 3.96. The number of rotatable bonds is 4. The monoisotopic (exact) mass is 138 g/mol. The van der Waals surface area contributed by atoms with Gasteiger partial charge in [0.1, 0.15) is 0 Å². The molecule has 0 spiro atoms. The third kappa shape index (κ3) is 4.04. The molecule has 0 saturated carbocycles. The van der Waals surface area contributed by atoms with Crippen molar-refractivity contribution in [2.75, 3.05) is 20.6 Å². The first kappa shape index (κ1) is 9.11. The van der Waals surface area contributed by atoms with Crippen LogP contribution in [0.2, 0.25) is 0 Å². The van der Waals surface area contributed by atoms with Crippen LogP contribution < -0.4 is 5.32 Å². The van der Waals surface area contributed by atoms with Gasteiger partial charge in [-0.05, 0) is 12.6 Å². The summed E-state index contributed by atoms with van der Waals surface area (Å²) in [6, 6.07) is 0. The highest BCUT2D eigenvalue weighted by Gasteiger charge is 1.85. The van der Waals surface area contributed by atoms with Gasteiger partial charge in [0, 0.05) is 19.8 Å². The van der Waals surface area contributed by atoms with E-state index in [1.54, 1.807) is 13.1 Å². The third-order valence-electron chi connectivity index (χ3n) is 1.01. The molecule has 0 aliphatic heterocycles. The number of allylic oxidation sites excluding steroid dienone is 2. The number of hydrogen-bond acceptors (Lipinski definition) is 2. The highest BCUT2D eigenvalue weighted by molar-refractivity contribution is 5.79. The maximum atomic E-state index is 3.89. The SMILES string of the molecule is C=C/C=C(\C=NC)CNC. The van der Waals surface area contributed by atoms with Gasteiger partial charge >= 0.3 is 0 Å². The minimum atomic E-state index is 0.837. The van der Waals surface area contributed by atoms with Crippen molar-refractivity contribution in [2.24, 2.45) is 4.99 Å². The zero-order chi connectivity index (χ0) is 7.82. The summed E-state index contributed by atoms with van der Waals surface area (Å²) >= 11 is 0. The van der Waals surface area contributed by atoms with Crippen molar-refractivity contribution in [1.82, 2.24) is 5.32 Å². The van der Waals surface area contributed by atoms with Gasteiger partial charge in [-0.1, -0.05) is 18.7 Å². The molecule has 0 rings (SSSR count). The van der Waals surface area contributed by atoms with E-state index in [2.05, 4.69) is 16.9 Å². The fourth-order valence-electron chi connectivity index (χ4n) is 0.669. The molecule has 10 heavy (non-hydrogen) atoms. The number of nitrogens with one attached hydrogen (secondary N) is 1. The lowest BCUT2D eigenvalue weighted by Gasteiger charge is -1.96. The molecule has 0 aromatic heterocycles. The smallest absolute Gasteiger partial charge is 0.0277 e. The Labute approximate surface area is 62.4 Å². The molecule has 56 valence electrons. The van der Waals surface area contributed by atoms with Crippen LogP contribution in [-0.4, -0.2) is 26.9 Å². The molecule has 0 radical (unpaired) electrons. The van der Waals surface area contributed by atoms with Crippen molar-refractivity contribution in [3.8, 4) is 0 Å². The number of nitrogens with zero attached hydrogens (tertiary/aromatic N) is 1. The van der Waals surface area contributed by atoms with Gasteiger partial charge in [-0.3, -0.25) is 4.99 Å². The summed E-state index contributed by atoms with van der Waals surface area (Å²) in [6.07, 6.45) is 5.51. The molecule has 0 atom stereocenters. The molecule has 0 aliphatic carbocycles. The van der Waals surface area contributed by atoms with Gasteiger partial charge in [-0.2, -0.15) is 0 Å². The molecule has 0 aliphatic rings. The molecule has 0 aromatic carbocycles. The Hall–Kier alpha value is -0.890. The van der Waals surface area contributed by atoms with Crippen LogP contribution >= 0.6 is 0 Å². The molecule has 0 amide bonds. The van der Waals surface area contributed by atoms with E-state index in [0.717, 1.165) is 12.1 Å². The van der Waals surface area contributed by atoms with Gasteiger partial charge in [0.25, 0.3) is 0 Å². The molecule has 0 saturated heterocycles. The normalized spacial score (nSPS) is 12.4. The average molecular weight is 138 g/mol. The van der Waals surface area contributed by atoms with E-state index in [0.29, 0.717) is 0 Å². The number of likely N-dealkylation sites (N-methyl/N-ethyl adjacent to an activating group) is 1. The minimum absolute atomic E-state index is 0.837. The van der Waals surface area contributed by atoms with Crippen LogP contribution in [0.1, 0.15) is 0 Å². The van der Waals surface area contributed by atoms with Gasteiger partial charge in [-0.25, -0.2) is 0 Å². The molecule has 0 unspecified atom stereocenters. The van der Waals surface area contributed by atoms with Crippen LogP contribution in [0, 0.1) is 0 Å². The highest BCUT2D eigenvalue weighted by atomic mass is 14.8. The van der Waals surface area contributed by atoms with E-state index < -0.39 is 0 Å². The molecule has 0 fully saturated rings. The van der Waals surface area contributed by atoms with Crippen LogP contribution in [0.25, 0.3) is 0 Å². The molecule has 0 bridgehead atoms. The molecule has 2 heteroatoms. The molecular formula is C8H14N2. The number of aliphatic imine (C=N–C) groups is 1. The van der Waals surface area contributed by atoms with E-state index in [1.807, 2.05) is 19.3 Å². The van der Waals surface area contributed by atoms with E-state index in [1.165, 1.54) is 0 Å². The largest absolute Gasteiger partial charge is 0.316 e. The first-order valence-electron chi connectivity index (χ1n) is 3.23. The molecule has 2 nitrogen and oxygen atoms in total. The van der Waals surface area contributed by atoms with Crippen molar-refractivity contribution in [2.45, 2.75) is 0 Å². The van der Waals surface area contributed by atoms with Crippen molar-refractivity contribution in [1.29, 1.82) is 0 Å². The summed E-state index contributed by atoms with van der Waals surface area (Å²) in [5.74, 6) is 0. The fraction of sp³-hybridized carbons (Fsp3) is 0.375. The molecule has 0 aromatic rings. The van der Waals surface area contributed by atoms with Gasteiger partial charge in [0.2, 0.25) is 0 Å². The fourth-order valence-corrected chi connectivity index (χ4v) is 0.669. The lowest BCUT2D eigenvalue weighted by molar-refractivity contribution is 0.905. The van der Waals surface area contributed by atoms with Crippen molar-refractivity contribution in [3.63, 3.8) is 0 Å². The first-order valence-corrected chi connectivity index (χ1v) is 3.23. The first-order chi connectivity index (χ1) is 4.85. The standard InChI is InChI=1S/C8H14N2/c1-4-5-8(6-9-2)7-10-3/h4-6,10H,1,7H2,2-3H3/b8-5+,9-6?. The molecule has 1 N–H and O–H groups in total. The van der Waals surface area contributed by atoms with E-state index in [4.69, 9.17) is 0 Å². The second-order valence-electron chi connectivity index (χ2n) is 1.89. The predicted molar refractivity (Wildman–Crippen MR) is 46.6 cm³/mol. The topological polar surface area (TPSA) is 24.4 Å². The summed E-state index contributed by atoms with van der Waals surface area (Å²) in [7, 11) is 3.66. The van der Waals surface area contributed by atoms with Crippen molar-refractivity contribution in [3.05, 3.63) is 24.3 Å². The maximum Gasteiger partial charge on any atom is 0.0277 e.